The van der Waals surface area contributed by atoms with Gasteiger partial charge in [-0.2, -0.15) is 0 Å². The number of phosphoric acid groups is 1. The molecule has 8 nitrogen and oxygen atoms in total. The molecule has 0 saturated heterocycles. The first-order valence-corrected chi connectivity index (χ1v) is 8.70. The van der Waals surface area contributed by atoms with Gasteiger partial charge in [-0.1, -0.05) is 32.6 Å². The third kappa shape index (κ3) is 6.97. The van der Waals surface area contributed by atoms with E-state index in [-0.39, 0.29) is 6.42 Å². The number of rotatable bonds is 9. The Bertz CT molecular complexity index is 334. The molecule has 0 aliphatic heterocycles. The highest BCUT2D eigenvalue weighted by molar-refractivity contribution is 7.54. The predicted octanol–water partition coefficient (Wildman–Crippen LogP) is 1.28. The molecule has 1 unspecified atom stereocenters. The highest BCUT2D eigenvalue weighted by Gasteiger charge is 2.50. The maximum Gasteiger partial charge on any atom is 0.472 e. The minimum Gasteiger partial charge on any atom is -0.356 e. The molecule has 0 aromatic heterocycles. The Morgan fingerprint density at radius 1 is 1.00 bits per heavy atom. The van der Waals surface area contributed by atoms with Crippen LogP contribution in [-0.2, 0) is 13.7 Å². The molecule has 0 aromatic carbocycles. The Morgan fingerprint density at radius 2 is 1.50 bits per heavy atom. The van der Waals surface area contributed by atoms with Gasteiger partial charge in [0, 0.05) is 6.42 Å². The second-order valence-corrected chi connectivity index (χ2v) is 6.98. The summed E-state index contributed by atoms with van der Waals surface area (Å²) in [6.45, 7) is 1.99. The molecule has 0 heterocycles. The quantitative estimate of drug-likeness (QED) is 0.243. The van der Waals surface area contributed by atoms with Gasteiger partial charge in [0.15, 0.2) is 0 Å². The van der Waals surface area contributed by atoms with E-state index < -0.39 is 27.4 Å². The van der Waals surface area contributed by atoms with E-state index in [9.17, 15) is 14.2 Å². The van der Waals surface area contributed by atoms with Gasteiger partial charge >= 0.3 is 15.4 Å². The molecule has 5 N–H and O–H groups in total. The molecule has 0 spiro atoms. The number of aliphatic hydroxyl groups is 1. The van der Waals surface area contributed by atoms with Gasteiger partial charge in [0.05, 0.1) is 0 Å². The lowest BCUT2D eigenvalue weighted by molar-refractivity contribution is -0.102. The van der Waals surface area contributed by atoms with Crippen molar-refractivity contribution in [2.45, 2.75) is 51.0 Å². The van der Waals surface area contributed by atoms with Crippen LogP contribution in [0.15, 0.2) is 0 Å². The molecular weight excluding hydrogens is 286 g/mol. The largest absolute Gasteiger partial charge is 0.472 e. The van der Waals surface area contributed by atoms with Gasteiger partial charge in [-0.15, -0.1) is 0 Å². The van der Waals surface area contributed by atoms with Crippen molar-refractivity contribution < 1.29 is 38.3 Å². The molecule has 0 aromatic rings. The summed E-state index contributed by atoms with van der Waals surface area (Å²) in [5, 5.41) is 9.56. The topological polar surface area (TPSA) is 145 Å². The summed E-state index contributed by atoms with van der Waals surface area (Å²) in [6.07, 6.45) is 2.97. The van der Waals surface area contributed by atoms with Crippen LogP contribution in [0.4, 0.5) is 0 Å². The lowest BCUT2D eigenvalue weighted by Gasteiger charge is -2.28. The molecule has 0 saturated carbocycles. The standard InChI is InChI=1S/C8H20O8P2/c1-2-3-4-5-6-7-8(9,17(10,11)12)16-18(13,14)15/h9H,2-7H2,1H3,(H2,10,11,12)(H2,13,14,15). The van der Waals surface area contributed by atoms with Crippen molar-refractivity contribution in [3.8, 4) is 0 Å². The zero-order chi connectivity index (χ0) is 14.4. The van der Waals surface area contributed by atoms with E-state index in [0.717, 1.165) is 19.3 Å². The molecule has 0 rings (SSSR count). The van der Waals surface area contributed by atoms with Crippen LogP contribution in [0.2, 0.25) is 0 Å². The summed E-state index contributed by atoms with van der Waals surface area (Å²) in [6, 6.07) is 0. The smallest absolute Gasteiger partial charge is 0.356 e. The number of hydrogen-bond acceptors (Lipinski definition) is 4. The maximum atomic E-state index is 11.0. The predicted molar refractivity (Wildman–Crippen MR) is 63.5 cm³/mol. The molecule has 0 amide bonds. The summed E-state index contributed by atoms with van der Waals surface area (Å²) < 4.78 is 25.5. The summed E-state index contributed by atoms with van der Waals surface area (Å²) in [5.74, 6) is 0. The highest BCUT2D eigenvalue weighted by atomic mass is 31.2. The normalized spacial score (nSPS) is 16.6. The van der Waals surface area contributed by atoms with Gasteiger partial charge in [0.25, 0.3) is 5.53 Å². The van der Waals surface area contributed by atoms with E-state index in [1.807, 2.05) is 6.92 Å². The van der Waals surface area contributed by atoms with Crippen LogP contribution in [0.25, 0.3) is 0 Å². The SMILES string of the molecule is CCCCCCCC(O)(OP(=O)(O)O)P(=O)(O)O. The molecule has 10 heteroatoms. The van der Waals surface area contributed by atoms with Gasteiger partial charge in [-0.05, 0) is 6.42 Å². The Kier molecular flexibility index (Phi) is 7.21. The first-order valence-electron chi connectivity index (χ1n) is 5.56. The van der Waals surface area contributed by atoms with Crippen LogP contribution in [0.3, 0.4) is 0 Å². The van der Waals surface area contributed by atoms with Crippen LogP contribution in [-0.4, -0.2) is 30.2 Å². The fraction of sp³-hybridized carbons (Fsp3) is 1.00. The van der Waals surface area contributed by atoms with Crippen LogP contribution in [0.5, 0.6) is 0 Å². The number of phosphoric ester groups is 1. The number of hydrogen-bond donors (Lipinski definition) is 5. The zero-order valence-corrected chi connectivity index (χ0v) is 11.9. The van der Waals surface area contributed by atoms with Crippen molar-refractivity contribution in [2.24, 2.45) is 0 Å². The molecule has 0 fully saturated rings. The monoisotopic (exact) mass is 306 g/mol. The summed E-state index contributed by atoms with van der Waals surface area (Å²) in [7, 11) is -10.4. The van der Waals surface area contributed by atoms with E-state index in [0.29, 0.717) is 6.42 Å². The molecule has 0 bridgehead atoms. The molecule has 18 heavy (non-hydrogen) atoms. The summed E-state index contributed by atoms with van der Waals surface area (Å²) in [4.78, 5) is 34.9. The molecular formula is C8H20O8P2. The molecule has 0 aliphatic rings. The van der Waals surface area contributed by atoms with Crippen molar-refractivity contribution in [1.29, 1.82) is 0 Å². The lowest BCUT2D eigenvalue weighted by Crippen LogP contribution is -2.31. The van der Waals surface area contributed by atoms with E-state index in [4.69, 9.17) is 19.6 Å². The van der Waals surface area contributed by atoms with Gasteiger partial charge in [0.2, 0.25) is 0 Å². The van der Waals surface area contributed by atoms with Gasteiger partial charge in [-0.25, -0.2) is 9.09 Å². The Morgan fingerprint density at radius 3 is 1.89 bits per heavy atom. The second-order valence-electron chi connectivity index (χ2n) is 4.03. The Labute approximate surface area is 105 Å². The van der Waals surface area contributed by atoms with Crippen molar-refractivity contribution in [2.75, 3.05) is 0 Å². The highest BCUT2D eigenvalue weighted by Crippen LogP contribution is 2.58. The fourth-order valence-corrected chi connectivity index (χ4v) is 3.06. The Balaban J connectivity index is 4.51. The Hall–Kier alpha value is 0.220. The first-order chi connectivity index (χ1) is 8.02. The average molecular weight is 306 g/mol. The van der Waals surface area contributed by atoms with Crippen LogP contribution in [0.1, 0.15) is 45.4 Å². The van der Waals surface area contributed by atoms with Crippen LogP contribution in [0, 0.1) is 0 Å². The third-order valence-corrected chi connectivity index (χ3v) is 4.24. The van der Waals surface area contributed by atoms with Gasteiger partial charge in [0.1, 0.15) is 0 Å². The minimum absolute atomic E-state index is 0.196. The molecule has 110 valence electrons. The van der Waals surface area contributed by atoms with Crippen molar-refractivity contribution in [1.82, 2.24) is 0 Å². The van der Waals surface area contributed by atoms with Crippen LogP contribution >= 0.6 is 15.4 Å². The molecule has 1 atom stereocenters. The molecule has 0 aliphatic carbocycles. The second kappa shape index (κ2) is 7.12. The first kappa shape index (κ1) is 18.2. The van der Waals surface area contributed by atoms with Crippen molar-refractivity contribution in [3.05, 3.63) is 0 Å². The van der Waals surface area contributed by atoms with Gasteiger partial charge < -0.3 is 24.7 Å². The van der Waals surface area contributed by atoms with Gasteiger partial charge in [-0.3, -0.25) is 4.57 Å². The maximum absolute atomic E-state index is 11.0. The van der Waals surface area contributed by atoms with E-state index in [1.54, 1.807) is 0 Å². The van der Waals surface area contributed by atoms with Crippen molar-refractivity contribution >= 4 is 15.4 Å². The average Bonchev–Trinajstić information content (AvgIpc) is 2.13. The van der Waals surface area contributed by atoms with Crippen LogP contribution < -0.4 is 0 Å². The zero-order valence-electron chi connectivity index (χ0n) is 10.1. The molecule has 0 radical (unpaired) electrons. The van der Waals surface area contributed by atoms with E-state index >= 15 is 0 Å². The minimum atomic E-state index is -5.20. The summed E-state index contributed by atoms with van der Waals surface area (Å²) >= 11 is 0. The lowest BCUT2D eigenvalue weighted by atomic mass is 10.1. The third-order valence-electron chi connectivity index (χ3n) is 2.33. The number of unbranched alkanes of at least 4 members (excludes halogenated alkanes) is 4. The summed E-state index contributed by atoms with van der Waals surface area (Å²) in [5.41, 5.74) is -3.13. The van der Waals surface area contributed by atoms with E-state index in [2.05, 4.69) is 4.52 Å². The van der Waals surface area contributed by atoms with Crippen molar-refractivity contribution in [3.63, 3.8) is 0 Å². The van der Waals surface area contributed by atoms with E-state index in [1.165, 1.54) is 0 Å². The fourth-order valence-electron chi connectivity index (χ4n) is 1.39.